The van der Waals surface area contributed by atoms with E-state index in [4.69, 9.17) is 4.74 Å². The third-order valence-corrected chi connectivity index (χ3v) is 3.71. The van der Waals surface area contributed by atoms with Crippen LogP contribution in [0.4, 0.5) is 5.69 Å². The van der Waals surface area contributed by atoms with Gasteiger partial charge in [-0.2, -0.15) is 0 Å². The number of anilines is 1. The largest absolute Gasteiger partial charge is 0.365 e. The Morgan fingerprint density at radius 1 is 1.28 bits per heavy atom. The lowest BCUT2D eigenvalue weighted by Crippen LogP contribution is -2.15. The summed E-state index contributed by atoms with van der Waals surface area (Å²) >= 11 is 0. The molecule has 1 unspecified atom stereocenters. The zero-order valence-corrected chi connectivity index (χ0v) is 12.4. The first-order chi connectivity index (χ1) is 8.50. The van der Waals surface area contributed by atoms with Crippen LogP contribution in [0.1, 0.15) is 52.0 Å². The molecule has 0 aromatic heterocycles. The van der Waals surface area contributed by atoms with Gasteiger partial charge in [0.15, 0.2) is 0 Å². The van der Waals surface area contributed by atoms with E-state index in [-0.39, 0.29) is 0 Å². The number of para-hydroxylation sites is 1. The molecule has 0 aliphatic carbocycles. The molecule has 0 bridgehead atoms. The zero-order valence-electron chi connectivity index (χ0n) is 12.4. The summed E-state index contributed by atoms with van der Waals surface area (Å²) in [6.07, 6.45) is 2.42. The van der Waals surface area contributed by atoms with Crippen molar-refractivity contribution in [3.05, 3.63) is 29.8 Å². The topological polar surface area (TPSA) is 21.3 Å². The van der Waals surface area contributed by atoms with Crippen LogP contribution in [-0.2, 0) is 4.74 Å². The molecule has 0 radical (unpaired) electrons. The minimum atomic E-state index is 0.397. The van der Waals surface area contributed by atoms with Crippen molar-refractivity contribution in [1.29, 1.82) is 0 Å². The zero-order chi connectivity index (χ0) is 13.6. The van der Waals surface area contributed by atoms with Crippen LogP contribution in [0.2, 0.25) is 0 Å². The minimum absolute atomic E-state index is 0.397. The monoisotopic (exact) mass is 249 g/mol. The molecule has 0 fully saturated rings. The maximum atomic E-state index is 5.09. The average Bonchev–Trinajstić information content (AvgIpc) is 2.36. The standard InChI is InChI=1S/C16H27NO/c1-6-16(3,4)11-13(2)14-9-7-8-10-15(14)17-12-18-5/h7-10,13,17H,6,11-12H2,1-5H3. The highest BCUT2D eigenvalue weighted by Crippen LogP contribution is 2.36. The fraction of sp³-hybridized carbons (Fsp3) is 0.625. The van der Waals surface area contributed by atoms with E-state index in [1.807, 2.05) is 0 Å². The number of benzene rings is 1. The molecule has 2 heteroatoms. The Kier molecular flexibility index (Phi) is 5.67. The van der Waals surface area contributed by atoms with Gasteiger partial charge in [0.25, 0.3) is 0 Å². The summed E-state index contributed by atoms with van der Waals surface area (Å²) in [6.45, 7) is 9.82. The number of hydrogen-bond acceptors (Lipinski definition) is 2. The van der Waals surface area contributed by atoms with Gasteiger partial charge in [-0.05, 0) is 29.4 Å². The van der Waals surface area contributed by atoms with E-state index in [2.05, 4.69) is 57.3 Å². The molecule has 0 aliphatic rings. The first-order valence-electron chi connectivity index (χ1n) is 6.82. The van der Waals surface area contributed by atoms with Gasteiger partial charge in [0, 0.05) is 12.8 Å². The quantitative estimate of drug-likeness (QED) is 0.711. The van der Waals surface area contributed by atoms with Gasteiger partial charge in [-0.25, -0.2) is 0 Å². The van der Waals surface area contributed by atoms with Crippen LogP contribution in [0.25, 0.3) is 0 Å². The SMILES string of the molecule is CCC(C)(C)CC(C)c1ccccc1NCOC. The Balaban J connectivity index is 2.81. The molecule has 1 aromatic rings. The molecule has 1 N–H and O–H groups in total. The summed E-state index contributed by atoms with van der Waals surface area (Å²) in [5.41, 5.74) is 2.98. The Hall–Kier alpha value is -1.02. The normalized spacial score (nSPS) is 13.4. The van der Waals surface area contributed by atoms with Crippen molar-refractivity contribution in [2.75, 3.05) is 19.2 Å². The highest BCUT2D eigenvalue weighted by atomic mass is 16.5. The lowest BCUT2D eigenvalue weighted by atomic mass is 9.78. The minimum Gasteiger partial charge on any atom is -0.365 e. The molecule has 0 aliphatic heterocycles. The van der Waals surface area contributed by atoms with Crippen molar-refractivity contribution >= 4 is 5.69 Å². The second-order valence-corrected chi connectivity index (χ2v) is 5.82. The molecule has 2 nitrogen and oxygen atoms in total. The summed E-state index contributed by atoms with van der Waals surface area (Å²) in [5, 5.41) is 3.33. The van der Waals surface area contributed by atoms with Crippen LogP contribution < -0.4 is 5.32 Å². The van der Waals surface area contributed by atoms with E-state index in [1.165, 1.54) is 24.1 Å². The first-order valence-corrected chi connectivity index (χ1v) is 6.82. The molecule has 1 atom stereocenters. The predicted molar refractivity (Wildman–Crippen MR) is 79.0 cm³/mol. The second-order valence-electron chi connectivity index (χ2n) is 5.82. The maximum absolute atomic E-state index is 5.09. The van der Waals surface area contributed by atoms with Gasteiger partial charge in [0.2, 0.25) is 0 Å². The Bertz CT molecular complexity index is 360. The van der Waals surface area contributed by atoms with E-state index in [1.54, 1.807) is 7.11 Å². The number of nitrogens with one attached hydrogen (secondary N) is 1. The molecule has 0 heterocycles. The first kappa shape index (κ1) is 15.0. The molecule has 0 spiro atoms. The Labute approximate surface area is 112 Å². The highest BCUT2D eigenvalue weighted by Gasteiger charge is 2.21. The number of methoxy groups -OCH3 is 1. The number of ether oxygens (including phenoxy) is 1. The molecule has 0 saturated carbocycles. The Morgan fingerprint density at radius 2 is 1.94 bits per heavy atom. The Morgan fingerprint density at radius 3 is 2.56 bits per heavy atom. The fourth-order valence-electron chi connectivity index (χ4n) is 2.32. The van der Waals surface area contributed by atoms with Crippen molar-refractivity contribution in [1.82, 2.24) is 0 Å². The summed E-state index contributed by atoms with van der Waals surface area (Å²) < 4.78 is 5.09. The van der Waals surface area contributed by atoms with E-state index in [9.17, 15) is 0 Å². The summed E-state index contributed by atoms with van der Waals surface area (Å²) in [7, 11) is 1.71. The molecule has 1 aromatic carbocycles. The lowest BCUT2D eigenvalue weighted by Gasteiger charge is -2.28. The van der Waals surface area contributed by atoms with E-state index < -0.39 is 0 Å². The molecule has 102 valence electrons. The van der Waals surface area contributed by atoms with Gasteiger partial charge in [0.1, 0.15) is 6.73 Å². The van der Waals surface area contributed by atoms with Crippen molar-refractivity contribution < 1.29 is 4.74 Å². The molecular formula is C16H27NO. The molecule has 0 saturated heterocycles. The van der Waals surface area contributed by atoms with Crippen LogP contribution in [0.5, 0.6) is 0 Å². The lowest BCUT2D eigenvalue weighted by molar-refractivity contribution is 0.221. The smallest absolute Gasteiger partial charge is 0.116 e. The highest BCUT2D eigenvalue weighted by molar-refractivity contribution is 5.52. The van der Waals surface area contributed by atoms with Crippen LogP contribution in [0.3, 0.4) is 0 Å². The van der Waals surface area contributed by atoms with Crippen molar-refractivity contribution in [2.45, 2.75) is 46.5 Å². The van der Waals surface area contributed by atoms with Crippen molar-refractivity contribution in [2.24, 2.45) is 5.41 Å². The summed E-state index contributed by atoms with van der Waals surface area (Å²) in [4.78, 5) is 0. The second kappa shape index (κ2) is 6.79. The van der Waals surface area contributed by atoms with Gasteiger partial charge in [-0.15, -0.1) is 0 Å². The van der Waals surface area contributed by atoms with E-state index >= 15 is 0 Å². The molecule has 18 heavy (non-hydrogen) atoms. The molecular weight excluding hydrogens is 222 g/mol. The molecule has 1 rings (SSSR count). The van der Waals surface area contributed by atoms with E-state index in [0.717, 1.165) is 0 Å². The van der Waals surface area contributed by atoms with Crippen LogP contribution in [0.15, 0.2) is 24.3 Å². The van der Waals surface area contributed by atoms with Gasteiger partial charge in [0.05, 0.1) is 0 Å². The van der Waals surface area contributed by atoms with Gasteiger partial charge >= 0.3 is 0 Å². The van der Waals surface area contributed by atoms with Gasteiger partial charge < -0.3 is 10.1 Å². The fourth-order valence-corrected chi connectivity index (χ4v) is 2.32. The number of rotatable bonds is 7. The van der Waals surface area contributed by atoms with Gasteiger partial charge in [-0.3, -0.25) is 0 Å². The van der Waals surface area contributed by atoms with E-state index in [0.29, 0.717) is 18.1 Å². The van der Waals surface area contributed by atoms with Gasteiger partial charge in [-0.1, -0.05) is 52.3 Å². The summed E-state index contributed by atoms with van der Waals surface area (Å²) in [6, 6.07) is 8.53. The maximum Gasteiger partial charge on any atom is 0.116 e. The molecule has 0 amide bonds. The van der Waals surface area contributed by atoms with Crippen molar-refractivity contribution in [3.8, 4) is 0 Å². The summed E-state index contributed by atoms with van der Waals surface area (Å²) in [5.74, 6) is 0.556. The third-order valence-electron chi connectivity index (χ3n) is 3.71. The predicted octanol–water partition coefficient (Wildman–Crippen LogP) is 4.63. The van der Waals surface area contributed by atoms with Crippen LogP contribution in [0, 0.1) is 5.41 Å². The van der Waals surface area contributed by atoms with Crippen LogP contribution >= 0.6 is 0 Å². The van der Waals surface area contributed by atoms with Crippen LogP contribution in [-0.4, -0.2) is 13.8 Å². The average molecular weight is 249 g/mol. The number of hydrogen-bond donors (Lipinski definition) is 1. The third kappa shape index (κ3) is 4.34. The van der Waals surface area contributed by atoms with Crippen molar-refractivity contribution in [3.63, 3.8) is 0 Å².